The lowest BCUT2D eigenvalue weighted by Crippen LogP contribution is -2.09. The van der Waals surface area contributed by atoms with E-state index in [9.17, 15) is 0 Å². The molecule has 1 aromatic heterocycles. The zero-order chi connectivity index (χ0) is 9.68. The molecule has 0 amide bonds. The third-order valence-corrected chi connectivity index (χ3v) is 2.03. The topological polar surface area (TPSA) is 48.4 Å². The molecule has 2 N–H and O–H groups in total. The van der Waals surface area contributed by atoms with Gasteiger partial charge in [-0.2, -0.15) is 0 Å². The van der Waals surface area contributed by atoms with Gasteiger partial charge in [-0.15, -0.1) is 0 Å². The zero-order valence-corrected chi connectivity index (χ0v) is 8.38. The lowest BCUT2D eigenvalue weighted by atomic mass is 10.1. The van der Waals surface area contributed by atoms with Gasteiger partial charge in [-0.25, -0.2) is 0 Å². The summed E-state index contributed by atoms with van der Waals surface area (Å²) in [4.78, 5) is 0. The predicted molar refractivity (Wildman–Crippen MR) is 51.8 cm³/mol. The molecule has 0 aliphatic heterocycles. The second-order valence-electron chi connectivity index (χ2n) is 2.88. The summed E-state index contributed by atoms with van der Waals surface area (Å²) in [6.45, 7) is 0.724. The monoisotopic (exact) mass is 203 g/mol. The van der Waals surface area contributed by atoms with Crippen LogP contribution in [0.2, 0.25) is 5.22 Å². The van der Waals surface area contributed by atoms with Gasteiger partial charge in [0.1, 0.15) is 5.76 Å². The highest BCUT2D eigenvalue weighted by atomic mass is 35.5. The fourth-order valence-corrected chi connectivity index (χ4v) is 1.27. The van der Waals surface area contributed by atoms with Crippen LogP contribution in [0.3, 0.4) is 0 Å². The van der Waals surface area contributed by atoms with E-state index in [1.54, 1.807) is 19.2 Å². The summed E-state index contributed by atoms with van der Waals surface area (Å²) in [6, 6.07) is 3.43. The SMILES string of the molecule is COCCCC(N)c1ccc(Cl)o1. The number of halogens is 1. The zero-order valence-electron chi connectivity index (χ0n) is 7.63. The first kappa shape index (κ1) is 10.6. The van der Waals surface area contributed by atoms with Crippen LogP contribution >= 0.6 is 11.6 Å². The van der Waals surface area contributed by atoms with E-state index in [0.29, 0.717) is 5.22 Å². The number of methoxy groups -OCH3 is 1. The van der Waals surface area contributed by atoms with Crippen LogP contribution in [0.25, 0.3) is 0 Å². The van der Waals surface area contributed by atoms with E-state index in [2.05, 4.69) is 0 Å². The van der Waals surface area contributed by atoms with Gasteiger partial charge in [0.05, 0.1) is 6.04 Å². The van der Waals surface area contributed by atoms with Crippen molar-refractivity contribution < 1.29 is 9.15 Å². The summed E-state index contributed by atoms with van der Waals surface area (Å²) >= 11 is 5.62. The quantitative estimate of drug-likeness (QED) is 0.748. The van der Waals surface area contributed by atoms with Crippen molar-refractivity contribution in [3.63, 3.8) is 0 Å². The Balaban J connectivity index is 2.35. The van der Waals surface area contributed by atoms with Crippen LogP contribution in [0.15, 0.2) is 16.5 Å². The van der Waals surface area contributed by atoms with E-state index >= 15 is 0 Å². The molecule has 0 aliphatic carbocycles. The van der Waals surface area contributed by atoms with Crippen molar-refractivity contribution in [3.05, 3.63) is 23.1 Å². The van der Waals surface area contributed by atoms with Gasteiger partial charge in [0, 0.05) is 13.7 Å². The summed E-state index contributed by atoms with van der Waals surface area (Å²) in [5.74, 6) is 0.737. The minimum atomic E-state index is -0.0809. The second kappa shape index (κ2) is 5.27. The van der Waals surface area contributed by atoms with Gasteiger partial charge < -0.3 is 14.9 Å². The molecular weight excluding hydrogens is 190 g/mol. The van der Waals surface area contributed by atoms with E-state index in [-0.39, 0.29) is 6.04 Å². The molecule has 0 saturated heterocycles. The number of furan rings is 1. The average Bonchev–Trinajstić information content (AvgIpc) is 2.52. The molecule has 0 saturated carbocycles. The van der Waals surface area contributed by atoms with Gasteiger partial charge in [-0.1, -0.05) is 0 Å². The molecule has 0 aliphatic rings. The molecule has 0 fully saturated rings. The Kier molecular flexibility index (Phi) is 4.28. The number of hydrogen-bond donors (Lipinski definition) is 1. The molecule has 1 rings (SSSR count). The summed E-state index contributed by atoms with van der Waals surface area (Å²) in [5, 5.41) is 0.386. The number of nitrogens with two attached hydrogens (primary N) is 1. The lowest BCUT2D eigenvalue weighted by molar-refractivity contribution is 0.189. The van der Waals surface area contributed by atoms with Gasteiger partial charge in [-0.3, -0.25) is 0 Å². The molecule has 74 valence electrons. The highest BCUT2D eigenvalue weighted by Gasteiger charge is 2.09. The van der Waals surface area contributed by atoms with Gasteiger partial charge >= 0.3 is 0 Å². The highest BCUT2D eigenvalue weighted by molar-refractivity contribution is 6.28. The minimum Gasteiger partial charge on any atom is -0.448 e. The first-order valence-electron chi connectivity index (χ1n) is 4.24. The van der Waals surface area contributed by atoms with Crippen LogP contribution in [0.4, 0.5) is 0 Å². The Bertz CT molecular complexity index is 250. The second-order valence-corrected chi connectivity index (χ2v) is 3.26. The first-order chi connectivity index (χ1) is 6.24. The van der Waals surface area contributed by atoms with Crippen LogP contribution in [-0.4, -0.2) is 13.7 Å². The van der Waals surface area contributed by atoms with Crippen molar-refractivity contribution in [2.75, 3.05) is 13.7 Å². The Morgan fingerprint density at radius 2 is 2.38 bits per heavy atom. The maximum atomic E-state index is 5.84. The summed E-state index contributed by atoms with van der Waals surface area (Å²) in [5.41, 5.74) is 5.84. The molecule has 0 spiro atoms. The smallest absolute Gasteiger partial charge is 0.193 e. The normalized spacial score (nSPS) is 13.2. The van der Waals surface area contributed by atoms with Gasteiger partial charge in [-0.05, 0) is 36.6 Å². The Labute approximate surface area is 82.8 Å². The maximum absolute atomic E-state index is 5.84. The number of ether oxygens (including phenoxy) is 1. The summed E-state index contributed by atoms with van der Waals surface area (Å²) in [6.07, 6.45) is 1.77. The van der Waals surface area contributed by atoms with E-state index in [1.165, 1.54) is 0 Å². The molecule has 1 unspecified atom stereocenters. The van der Waals surface area contributed by atoms with Crippen molar-refractivity contribution in [2.24, 2.45) is 5.73 Å². The maximum Gasteiger partial charge on any atom is 0.193 e. The summed E-state index contributed by atoms with van der Waals surface area (Å²) < 4.78 is 10.1. The Morgan fingerprint density at radius 3 is 2.92 bits per heavy atom. The Hall–Kier alpha value is -0.510. The predicted octanol–water partition coefficient (Wildman–Crippen LogP) is 2.36. The van der Waals surface area contributed by atoms with Gasteiger partial charge in [0.2, 0.25) is 0 Å². The third-order valence-electron chi connectivity index (χ3n) is 1.82. The first-order valence-corrected chi connectivity index (χ1v) is 4.61. The molecule has 3 nitrogen and oxygen atoms in total. The van der Waals surface area contributed by atoms with E-state index in [0.717, 1.165) is 25.2 Å². The number of hydrogen-bond acceptors (Lipinski definition) is 3. The van der Waals surface area contributed by atoms with Crippen LogP contribution in [0.5, 0.6) is 0 Å². The van der Waals surface area contributed by atoms with Crippen LogP contribution in [-0.2, 0) is 4.74 Å². The molecule has 13 heavy (non-hydrogen) atoms. The van der Waals surface area contributed by atoms with Gasteiger partial charge in [0.25, 0.3) is 0 Å². The van der Waals surface area contributed by atoms with Crippen LogP contribution in [0, 0.1) is 0 Å². The molecule has 1 aromatic rings. The van der Waals surface area contributed by atoms with E-state index in [4.69, 9.17) is 26.5 Å². The molecule has 0 radical (unpaired) electrons. The summed E-state index contributed by atoms with van der Waals surface area (Å²) in [7, 11) is 1.68. The molecule has 1 atom stereocenters. The molecule has 0 aromatic carbocycles. The fourth-order valence-electron chi connectivity index (χ4n) is 1.12. The van der Waals surface area contributed by atoms with Gasteiger partial charge in [0.15, 0.2) is 5.22 Å². The fraction of sp³-hybridized carbons (Fsp3) is 0.556. The lowest BCUT2D eigenvalue weighted by Gasteiger charge is -2.07. The molecule has 1 heterocycles. The van der Waals surface area contributed by atoms with Crippen LogP contribution in [0.1, 0.15) is 24.6 Å². The van der Waals surface area contributed by atoms with Crippen molar-refractivity contribution in [3.8, 4) is 0 Å². The third kappa shape index (κ3) is 3.38. The van der Waals surface area contributed by atoms with E-state index < -0.39 is 0 Å². The largest absolute Gasteiger partial charge is 0.448 e. The van der Waals surface area contributed by atoms with Crippen molar-refractivity contribution in [1.29, 1.82) is 0 Å². The van der Waals surface area contributed by atoms with Crippen molar-refractivity contribution in [2.45, 2.75) is 18.9 Å². The van der Waals surface area contributed by atoms with Crippen molar-refractivity contribution >= 4 is 11.6 Å². The Morgan fingerprint density at radius 1 is 1.62 bits per heavy atom. The van der Waals surface area contributed by atoms with E-state index in [1.807, 2.05) is 0 Å². The minimum absolute atomic E-state index is 0.0809. The average molecular weight is 204 g/mol. The number of rotatable bonds is 5. The molecule has 0 bridgehead atoms. The standard InChI is InChI=1S/C9H14ClNO2/c1-12-6-2-3-7(11)8-4-5-9(10)13-8/h4-5,7H,2-3,6,11H2,1H3. The van der Waals surface area contributed by atoms with Crippen molar-refractivity contribution in [1.82, 2.24) is 0 Å². The molecular formula is C9H14ClNO2. The molecule has 4 heteroatoms. The highest BCUT2D eigenvalue weighted by Crippen LogP contribution is 2.21. The van der Waals surface area contributed by atoms with Crippen LogP contribution < -0.4 is 5.73 Å².